The number of nitrogens with one attached hydrogen (secondary N) is 1. The van der Waals surface area contributed by atoms with E-state index >= 15 is 0 Å². The Kier molecular flexibility index (Phi) is 6.06. The summed E-state index contributed by atoms with van der Waals surface area (Å²) in [4.78, 5) is 29.3. The van der Waals surface area contributed by atoms with Crippen molar-refractivity contribution in [3.8, 4) is 17.0 Å². The quantitative estimate of drug-likeness (QED) is 0.438. The molecular formula is C29H28N4O3. The number of para-hydroxylation sites is 1. The number of benzene rings is 3. The topological polar surface area (TPSA) is 76.5 Å². The van der Waals surface area contributed by atoms with Crippen molar-refractivity contribution in [3.63, 3.8) is 0 Å². The minimum atomic E-state index is -1.21. The van der Waals surface area contributed by atoms with Gasteiger partial charge in [0.15, 0.2) is 0 Å². The number of rotatable bonds is 6. The molecule has 7 heteroatoms. The van der Waals surface area contributed by atoms with E-state index in [-0.39, 0.29) is 24.9 Å². The van der Waals surface area contributed by atoms with Gasteiger partial charge < -0.3 is 10.1 Å². The minimum Gasteiger partial charge on any atom is -0.496 e. The molecule has 0 aliphatic carbocycles. The van der Waals surface area contributed by atoms with Crippen LogP contribution in [0.2, 0.25) is 0 Å². The molecule has 0 unspecified atom stereocenters. The molecule has 1 aromatic heterocycles. The van der Waals surface area contributed by atoms with Crippen LogP contribution >= 0.6 is 0 Å². The van der Waals surface area contributed by atoms with Crippen molar-refractivity contribution in [2.75, 3.05) is 12.0 Å². The number of amides is 2. The molecule has 1 atom stereocenters. The Balaban J connectivity index is 1.53. The fourth-order valence-corrected chi connectivity index (χ4v) is 4.64. The maximum atomic E-state index is 13.9. The minimum absolute atomic E-state index is 0.215. The van der Waals surface area contributed by atoms with Gasteiger partial charge >= 0.3 is 0 Å². The number of fused-ring (bicyclic) bond motifs is 1. The Morgan fingerprint density at radius 1 is 1.03 bits per heavy atom. The number of aryl methyl sites for hydroxylation is 1. The van der Waals surface area contributed by atoms with E-state index in [0.717, 1.165) is 16.7 Å². The lowest BCUT2D eigenvalue weighted by atomic mass is 9.93. The fraction of sp³-hybridized carbons (Fsp3) is 0.207. The highest BCUT2D eigenvalue weighted by molar-refractivity contribution is 6.12. The van der Waals surface area contributed by atoms with Crippen molar-refractivity contribution >= 4 is 17.5 Å². The normalized spacial score (nSPS) is 17.0. The zero-order chi connectivity index (χ0) is 25.3. The molecule has 1 aliphatic rings. The smallest absolute Gasteiger partial charge is 0.277 e. The van der Waals surface area contributed by atoms with Crippen LogP contribution in [0.5, 0.6) is 5.75 Å². The van der Waals surface area contributed by atoms with Gasteiger partial charge in [0.2, 0.25) is 5.91 Å². The SMILES string of the molecule is COc1ccccc1CNC(=O)[C@@]1(C)Cn2nc(-c3ccccc3)cc2C(=O)N1c1ccc(C)cc1. The number of ether oxygens (including phenoxy) is 1. The van der Waals surface area contributed by atoms with Gasteiger partial charge in [-0.2, -0.15) is 5.10 Å². The fourth-order valence-electron chi connectivity index (χ4n) is 4.64. The zero-order valence-corrected chi connectivity index (χ0v) is 20.6. The summed E-state index contributed by atoms with van der Waals surface area (Å²) >= 11 is 0. The first-order chi connectivity index (χ1) is 17.4. The van der Waals surface area contributed by atoms with Gasteiger partial charge in [-0.15, -0.1) is 0 Å². The maximum Gasteiger partial charge on any atom is 0.277 e. The lowest BCUT2D eigenvalue weighted by Gasteiger charge is -2.43. The third kappa shape index (κ3) is 4.13. The van der Waals surface area contributed by atoms with Crippen molar-refractivity contribution in [3.05, 3.63) is 102 Å². The van der Waals surface area contributed by atoms with Gasteiger partial charge in [0, 0.05) is 23.4 Å². The summed E-state index contributed by atoms with van der Waals surface area (Å²) in [6, 6.07) is 26.7. The Morgan fingerprint density at radius 3 is 2.44 bits per heavy atom. The van der Waals surface area contributed by atoms with Crippen molar-refractivity contribution < 1.29 is 14.3 Å². The molecule has 7 nitrogen and oxygen atoms in total. The van der Waals surface area contributed by atoms with E-state index in [1.807, 2.05) is 85.8 Å². The van der Waals surface area contributed by atoms with Gasteiger partial charge in [0.05, 0.1) is 19.3 Å². The third-order valence-corrected chi connectivity index (χ3v) is 6.64. The predicted molar refractivity (Wildman–Crippen MR) is 139 cm³/mol. The van der Waals surface area contributed by atoms with Crippen LogP contribution in [0.25, 0.3) is 11.3 Å². The molecule has 3 aromatic carbocycles. The van der Waals surface area contributed by atoms with Crippen LogP contribution in [0.4, 0.5) is 5.69 Å². The van der Waals surface area contributed by atoms with E-state index < -0.39 is 5.54 Å². The van der Waals surface area contributed by atoms with Crippen molar-refractivity contribution in [1.82, 2.24) is 15.1 Å². The molecule has 1 N–H and O–H groups in total. The summed E-state index contributed by atoms with van der Waals surface area (Å²) < 4.78 is 7.08. The zero-order valence-electron chi connectivity index (χ0n) is 20.6. The Morgan fingerprint density at radius 2 is 1.72 bits per heavy atom. The van der Waals surface area contributed by atoms with Crippen LogP contribution in [0.15, 0.2) is 84.9 Å². The second-order valence-corrected chi connectivity index (χ2v) is 9.18. The van der Waals surface area contributed by atoms with E-state index in [0.29, 0.717) is 22.8 Å². The number of aromatic nitrogens is 2. The second-order valence-electron chi connectivity index (χ2n) is 9.18. The highest BCUT2D eigenvalue weighted by Crippen LogP contribution is 2.34. The highest BCUT2D eigenvalue weighted by atomic mass is 16.5. The molecule has 0 saturated carbocycles. The van der Waals surface area contributed by atoms with Gasteiger partial charge in [0.1, 0.15) is 17.0 Å². The number of nitrogens with zero attached hydrogens (tertiary/aromatic N) is 3. The van der Waals surface area contributed by atoms with E-state index in [4.69, 9.17) is 9.84 Å². The van der Waals surface area contributed by atoms with Gasteiger partial charge in [-0.3, -0.25) is 19.2 Å². The standard InChI is InChI=1S/C29H28N4O3/c1-20-13-15-23(16-14-20)33-27(34)25-17-24(21-9-5-4-6-10-21)31-32(25)19-29(33,2)28(35)30-18-22-11-7-8-12-26(22)36-3/h4-17H,18-19H2,1-3H3,(H,30,35)/t29-/m1/s1. The van der Waals surface area contributed by atoms with Crippen LogP contribution in [-0.2, 0) is 17.9 Å². The van der Waals surface area contributed by atoms with E-state index in [1.165, 1.54) is 0 Å². The number of carbonyl (C=O) groups is 2. The predicted octanol–water partition coefficient (Wildman–Crippen LogP) is 4.60. The molecule has 182 valence electrons. The molecule has 4 aromatic rings. The van der Waals surface area contributed by atoms with E-state index in [2.05, 4.69) is 5.32 Å². The highest BCUT2D eigenvalue weighted by Gasteiger charge is 2.48. The monoisotopic (exact) mass is 480 g/mol. The molecule has 0 saturated heterocycles. The summed E-state index contributed by atoms with van der Waals surface area (Å²) in [5.41, 5.74) is 3.44. The average Bonchev–Trinajstić information content (AvgIpc) is 3.33. The number of anilines is 1. The van der Waals surface area contributed by atoms with Crippen LogP contribution in [-0.4, -0.2) is 34.2 Å². The Bertz CT molecular complexity index is 1410. The average molecular weight is 481 g/mol. The van der Waals surface area contributed by atoms with Crippen LogP contribution in [0, 0.1) is 6.92 Å². The second kappa shape index (κ2) is 9.34. The van der Waals surface area contributed by atoms with Crippen LogP contribution < -0.4 is 15.0 Å². The molecule has 2 heterocycles. The Hall–Kier alpha value is -4.39. The van der Waals surface area contributed by atoms with Gasteiger partial charge in [-0.1, -0.05) is 66.2 Å². The molecule has 5 rings (SSSR count). The van der Waals surface area contributed by atoms with Gasteiger partial charge in [-0.05, 0) is 38.1 Å². The molecule has 0 radical (unpaired) electrons. The number of carbonyl (C=O) groups excluding carboxylic acids is 2. The summed E-state index contributed by atoms with van der Waals surface area (Å²) in [6.45, 7) is 4.26. The first-order valence-corrected chi connectivity index (χ1v) is 11.9. The largest absolute Gasteiger partial charge is 0.496 e. The Labute approximate surface area is 210 Å². The summed E-state index contributed by atoms with van der Waals surface area (Å²) in [5.74, 6) is 0.152. The molecule has 2 amide bonds. The summed E-state index contributed by atoms with van der Waals surface area (Å²) in [6.07, 6.45) is 0. The maximum absolute atomic E-state index is 13.9. The third-order valence-electron chi connectivity index (χ3n) is 6.64. The molecule has 0 bridgehead atoms. The number of hydrogen-bond acceptors (Lipinski definition) is 4. The van der Waals surface area contributed by atoms with Crippen LogP contribution in [0.1, 0.15) is 28.5 Å². The molecule has 1 aliphatic heterocycles. The van der Waals surface area contributed by atoms with Crippen molar-refractivity contribution in [1.29, 1.82) is 0 Å². The van der Waals surface area contributed by atoms with E-state index in [9.17, 15) is 9.59 Å². The van der Waals surface area contributed by atoms with Gasteiger partial charge in [0.25, 0.3) is 5.91 Å². The van der Waals surface area contributed by atoms with Crippen molar-refractivity contribution in [2.24, 2.45) is 0 Å². The molecule has 0 fully saturated rings. The van der Waals surface area contributed by atoms with Crippen LogP contribution in [0.3, 0.4) is 0 Å². The van der Waals surface area contributed by atoms with E-state index in [1.54, 1.807) is 29.7 Å². The summed E-state index contributed by atoms with van der Waals surface area (Å²) in [7, 11) is 1.60. The first kappa shape index (κ1) is 23.4. The lowest BCUT2D eigenvalue weighted by Crippen LogP contribution is -2.64. The number of methoxy groups -OCH3 is 1. The van der Waals surface area contributed by atoms with Gasteiger partial charge in [-0.25, -0.2) is 0 Å². The summed E-state index contributed by atoms with van der Waals surface area (Å²) in [5, 5.41) is 7.74. The van der Waals surface area contributed by atoms with Crippen molar-refractivity contribution in [2.45, 2.75) is 32.5 Å². The molecular weight excluding hydrogens is 452 g/mol. The number of hydrogen-bond donors (Lipinski definition) is 1. The molecule has 0 spiro atoms. The lowest BCUT2D eigenvalue weighted by molar-refractivity contribution is -0.126. The first-order valence-electron chi connectivity index (χ1n) is 11.9. The molecule has 36 heavy (non-hydrogen) atoms.